The van der Waals surface area contributed by atoms with Gasteiger partial charge in [0.1, 0.15) is 0 Å². The molecule has 84 valence electrons. The third-order valence-corrected chi connectivity index (χ3v) is 2.68. The fourth-order valence-corrected chi connectivity index (χ4v) is 2.03. The number of alkyl halides is 2. The average molecular weight is 206 g/mol. The number of nitrogens with zero attached hydrogens (tertiary/aromatic N) is 1. The average Bonchev–Trinajstić information content (AvgIpc) is 2.14. The maximum absolute atomic E-state index is 12.1. The molecule has 1 unspecified atom stereocenters. The lowest BCUT2D eigenvalue weighted by atomic mass is 9.98. The Bertz CT molecular complexity index is 153. The highest BCUT2D eigenvalue weighted by Crippen LogP contribution is 2.16. The summed E-state index contributed by atoms with van der Waals surface area (Å²) in [5, 5.41) is 3.28. The Hall–Kier alpha value is -0.220. The maximum Gasteiger partial charge on any atom is 0.251 e. The lowest BCUT2D eigenvalue weighted by Crippen LogP contribution is -2.41. The van der Waals surface area contributed by atoms with Gasteiger partial charge in [-0.1, -0.05) is 6.92 Å². The van der Waals surface area contributed by atoms with Crippen molar-refractivity contribution in [2.45, 2.75) is 26.2 Å². The van der Waals surface area contributed by atoms with Crippen molar-refractivity contribution in [1.82, 2.24) is 10.2 Å². The lowest BCUT2D eigenvalue weighted by Gasteiger charge is -2.32. The zero-order valence-corrected chi connectivity index (χ0v) is 8.81. The number of rotatable bonds is 5. The van der Waals surface area contributed by atoms with E-state index >= 15 is 0 Å². The minimum Gasteiger partial charge on any atom is -0.317 e. The molecule has 14 heavy (non-hydrogen) atoms. The number of hydrogen-bond donors (Lipinski definition) is 1. The van der Waals surface area contributed by atoms with Crippen LogP contribution in [0.3, 0.4) is 0 Å². The Kier molecular flexibility index (Phi) is 5.33. The number of nitrogens with one attached hydrogen (secondary N) is 1. The molecule has 0 aromatic carbocycles. The predicted octanol–water partition coefficient (Wildman–Crippen LogP) is 1.57. The third kappa shape index (κ3) is 4.33. The molecule has 1 rings (SSSR count). The molecule has 1 fully saturated rings. The molecule has 1 N–H and O–H groups in total. The van der Waals surface area contributed by atoms with Crippen LogP contribution in [0.5, 0.6) is 0 Å². The molecule has 1 heterocycles. The highest BCUT2D eigenvalue weighted by atomic mass is 19.3. The van der Waals surface area contributed by atoms with Crippen LogP contribution in [0.4, 0.5) is 8.78 Å². The molecule has 0 spiro atoms. The maximum atomic E-state index is 12.1. The summed E-state index contributed by atoms with van der Waals surface area (Å²) < 4.78 is 24.3. The van der Waals surface area contributed by atoms with Crippen LogP contribution in [0.15, 0.2) is 0 Å². The number of hydrogen-bond acceptors (Lipinski definition) is 2. The van der Waals surface area contributed by atoms with E-state index in [9.17, 15) is 8.78 Å². The molecule has 0 aliphatic carbocycles. The quantitative estimate of drug-likeness (QED) is 0.734. The van der Waals surface area contributed by atoms with Gasteiger partial charge in [-0.25, -0.2) is 8.78 Å². The van der Waals surface area contributed by atoms with Gasteiger partial charge >= 0.3 is 0 Å². The fraction of sp³-hybridized carbons (Fsp3) is 1.00. The molecular formula is C10H20F2N2. The summed E-state index contributed by atoms with van der Waals surface area (Å²) in [6.07, 6.45) is 0.0445. The monoisotopic (exact) mass is 206 g/mol. The van der Waals surface area contributed by atoms with Gasteiger partial charge in [0.15, 0.2) is 0 Å². The van der Waals surface area contributed by atoms with Gasteiger partial charge in [-0.3, -0.25) is 4.90 Å². The molecule has 1 atom stereocenters. The van der Waals surface area contributed by atoms with Crippen LogP contribution in [0.25, 0.3) is 0 Å². The van der Waals surface area contributed by atoms with Gasteiger partial charge in [0.25, 0.3) is 6.43 Å². The molecule has 0 aromatic rings. The topological polar surface area (TPSA) is 15.3 Å². The summed E-state index contributed by atoms with van der Waals surface area (Å²) in [6.45, 7) is 5.62. The van der Waals surface area contributed by atoms with Crippen molar-refractivity contribution in [3.8, 4) is 0 Å². The van der Waals surface area contributed by atoms with Crippen LogP contribution in [-0.4, -0.2) is 44.0 Å². The van der Waals surface area contributed by atoms with Crippen LogP contribution < -0.4 is 5.32 Å². The minimum absolute atomic E-state index is 0.0530. The van der Waals surface area contributed by atoms with Crippen molar-refractivity contribution in [3.63, 3.8) is 0 Å². The smallest absolute Gasteiger partial charge is 0.251 e. The van der Waals surface area contributed by atoms with Crippen LogP contribution in [0.1, 0.15) is 19.8 Å². The highest BCUT2D eigenvalue weighted by molar-refractivity contribution is 4.74. The molecule has 0 bridgehead atoms. The first-order chi connectivity index (χ1) is 6.72. The van der Waals surface area contributed by atoms with E-state index in [1.54, 1.807) is 0 Å². The van der Waals surface area contributed by atoms with E-state index in [0.29, 0.717) is 5.92 Å². The summed E-state index contributed by atoms with van der Waals surface area (Å²) in [7, 11) is 0. The molecule has 0 radical (unpaired) electrons. The van der Waals surface area contributed by atoms with Crippen molar-refractivity contribution in [2.24, 2.45) is 5.92 Å². The number of halogens is 2. The van der Waals surface area contributed by atoms with Crippen molar-refractivity contribution in [3.05, 3.63) is 0 Å². The summed E-state index contributed by atoms with van der Waals surface area (Å²) in [6, 6.07) is 0. The zero-order valence-electron chi connectivity index (χ0n) is 8.81. The molecule has 1 aliphatic rings. The molecule has 0 aromatic heterocycles. The highest BCUT2D eigenvalue weighted by Gasteiger charge is 2.21. The Morgan fingerprint density at radius 2 is 2.29 bits per heavy atom. The van der Waals surface area contributed by atoms with E-state index in [1.807, 2.05) is 4.90 Å². The zero-order chi connectivity index (χ0) is 10.4. The van der Waals surface area contributed by atoms with Crippen molar-refractivity contribution < 1.29 is 8.78 Å². The van der Waals surface area contributed by atoms with Gasteiger partial charge in [-0.05, 0) is 38.4 Å². The largest absolute Gasteiger partial charge is 0.317 e. The van der Waals surface area contributed by atoms with Gasteiger partial charge in [-0.15, -0.1) is 0 Å². The fourth-order valence-electron chi connectivity index (χ4n) is 2.03. The molecule has 2 nitrogen and oxygen atoms in total. The molecular weight excluding hydrogens is 186 g/mol. The first-order valence-corrected chi connectivity index (χ1v) is 5.43. The van der Waals surface area contributed by atoms with E-state index < -0.39 is 6.43 Å². The van der Waals surface area contributed by atoms with Crippen molar-refractivity contribution >= 4 is 0 Å². The van der Waals surface area contributed by atoms with E-state index in [-0.39, 0.29) is 6.54 Å². The normalized spacial score (nSPS) is 24.4. The van der Waals surface area contributed by atoms with E-state index in [4.69, 9.17) is 0 Å². The molecule has 1 saturated heterocycles. The lowest BCUT2D eigenvalue weighted by molar-refractivity contribution is 0.0648. The minimum atomic E-state index is -2.19. The van der Waals surface area contributed by atoms with Gasteiger partial charge < -0.3 is 5.32 Å². The number of likely N-dealkylation sites (tertiary alicyclic amines) is 1. The Morgan fingerprint density at radius 1 is 1.50 bits per heavy atom. The molecule has 4 heteroatoms. The Labute approximate surface area is 84.7 Å². The molecule has 1 aliphatic heterocycles. The molecule has 0 saturated carbocycles. The van der Waals surface area contributed by atoms with E-state index in [1.165, 1.54) is 6.42 Å². The van der Waals surface area contributed by atoms with Crippen molar-refractivity contribution in [2.75, 3.05) is 32.7 Å². The van der Waals surface area contributed by atoms with Crippen molar-refractivity contribution in [1.29, 1.82) is 0 Å². The second kappa shape index (κ2) is 6.30. The molecule has 0 amide bonds. The number of piperidine rings is 1. The second-order valence-electron chi connectivity index (χ2n) is 3.97. The summed E-state index contributed by atoms with van der Waals surface area (Å²) in [5.74, 6) is 0.558. The first-order valence-electron chi connectivity index (χ1n) is 5.43. The van der Waals surface area contributed by atoms with E-state index in [2.05, 4.69) is 12.2 Å². The second-order valence-corrected chi connectivity index (χ2v) is 3.97. The van der Waals surface area contributed by atoms with Gasteiger partial charge in [0.05, 0.1) is 6.54 Å². The van der Waals surface area contributed by atoms with Crippen LogP contribution >= 0.6 is 0 Å². The van der Waals surface area contributed by atoms with Gasteiger partial charge in [0, 0.05) is 6.54 Å². The van der Waals surface area contributed by atoms with Crippen LogP contribution in [0.2, 0.25) is 0 Å². The first kappa shape index (κ1) is 11.9. The predicted molar refractivity (Wildman–Crippen MR) is 53.7 cm³/mol. The Balaban J connectivity index is 2.21. The van der Waals surface area contributed by atoms with Gasteiger partial charge in [0.2, 0.25) is 0 Å². The van der Waals surface area contributed by atoms with Gasteiger partial charge in [-0.2, -0.15) is 0 Å². The summed E-state index contributed by atoms with van der Waals surface area (Å²) in [5.41, 5.74) is 0. The Morgan fingerprint density at radius 3 is 2.93 bits per heavy atom. The van der Waals surface area contributed by atoms with E-state index in [0.717, 1.165) is 32.6 Å². The summed E-state index contributed by atoms with van der Waals surface area (Å²) in [4.78, 5) is 1.89. The third-order valence-electron chi connectivity index (χ3n) is 2.68. The van der Waals surface area contributed by atoms with Crippen LogP contribution in [0, 0.1) is 5.92 Å². The standard InChI is InChI=1S/C10H20F2N2/c1-2-13-6-9-4-3-5-14(7-9)8-10(11)12/h9-10,13H,2-8H2,1H3. The van der Waals surface area contributed by atoms with Crippen LogP contribution in [-0.2, 0) is 0 Å². The summed E-state index contributed by atoms with van der Waals surface area (Å²) >= 11 is 0. The SMILES string of the molecule is CCNCC1CCCN(CC(F)F)C1.